The number of likely N-dealkylation sites (N-methyl/N-ethyl adjacent to an activating group) is 1. The van der Waals surface area contributed by atoms with Crippen LogP contribution in [-0.4, -0.2) is 110 Å². The molecule has 2 aromatic heterocycles. The van der Waals surface area contributed by atoms with Gasteiger partial charge in [0.15, 0.2) is 13.2 Å². The molecular formula is C50H56Br2N8O4. The Morgan fingerprint density at radius 2 is 1.03 bits per heavy atom. The van der Waals surface area contributed by atoms with E-state index in [1.807, 2.05) is 84.9 Å². The maximum absolute atomic E-state index is 12.4. The number of ether oxygens (including phenoxy) is 2. The van der Waals surface area contributed by atoms with E-state index >= 15 is 0 Å². The number of likely N-dealkylation sites (tertiary alicyclic amines) is 1. The fraction of sp³-hybridized carbons (Fsp3) is 0.360. The molecule has 4 aromatic carbocycles. The van der Waals surface area contributed by atoms with Crippen molar-refractivity contribution in [1.29, 1.82) is 0 Å². The van der Waals surface area contributed by atoms with Crippen molar-refractivity contribution in [2.24, 2.45) is 0 Å². The second-order valence-electron chi connectivity index (χ2n) is 16.9. The lowest BCUT2D eigenvalue weighted by atomic mass is 10.0. The molecule has 0 aliphatic carbocycles. The van der Waals surface area contributed by atoms with Crippen molar-refractivity contribution in [3.05, 3.63) is 117 Å². The first-order valence-electron chi connectivity index (χ1n) is 22.1. The van der Waals surface area contributed by atoms with E-state index in [4.69, 9.17) is 19.4 Å². The maximum Gasteiger partial charge on any atom is 0.262 e. The summed E-state index contributed by atoms with van der Waals surface area (Å²) in [6.45, 7) is 12.9. The van der Waals surface area contributed by atoms with Crippen LogP contribution in [0, 0.1) is 13.8 Å². The van der Waals surface area contributed by atoms with Gasteiger partial charge in [0.2, 0.25) is 0 Å². The first kappa shape index (κ1) is 45.3. The van der Waals surface area contributed by atoms with Gasteiger partial charge in [-0.1, -0.05) is 31.9 Å². The Morgan fingerprint density at radius 3 is 1.48 bits per heavy atom. The first-order chi connectivity index (χ1) is 31.0. The third-order valence-corrected chi connectivity index (χ3v) is 13.3. The molecule has 334 valence electrons. The molecule has 0 unspecified atom stereocenters. The van der Waals surface area contributed by atoms with E-state index in [2.05, 4.69) is 95.1 Å². The summed E-state index contributed by atoms with van der Waals surface area (Å²) in [5.74, 6) is 3.01. The smallest absolute Gasteiger partial charge is 0.262 e. The van der Waals surface area contributed by atoms with E-state index < -0.39 is 0 Å². The van der Waals surface area contributed by atoms with Crippen LogP contribution >= 0.6 is 31.9 Å². The fourth-order valence-corrected chi connectivity index (χ4v) is 9.12. The summed E-state index contributed by atoms with van der Waals surface area (Å²) in [4.78, 5) is 44.3. The zero-order valence-electron chi connectivity index (χ0n) is 36.8. The second-order valence-corrected chi connectivity index (χ2v) is 18.7. The number of aryl methyl sites for hydroxylation is 2. The summed E-state index contributed by atoms with van der Waals surface area (Å²) in [5.41, 5.74) is 5.71. The van der Waals surface area contributed by atoms with Gasteiger partial charge in [0, 0.05) is 76.4 Å². The van der Waals surface area contributed by atoms with E-state index in [0.717, 1.165) is 105 Å². The molecular weight excluding hydrogens is 936 g/mol. The molecule has 3 aliphatic heterocycles. The number of carbonyl (C=O) groups excluding carboxylic acids is 2. The molecule has 5 heterocycles. The number of nitrogens with one attached hydrogen (secondary N) is 2. The quantitative estimate of drug-likeness (QED) is 0.130. The minimum Gasteiger partial charge on any atom is -0.484 e. The van der Waals surface area contributed by atoms with Crippen LogP contribution in [0.15, 0.2) is 106 Å². The van der Waals surface area contributed by atoms with Gasteiger partial charge in [-0.05, 0) is 168 Å². The Hall–Kier alpha value is -5.28. The average molecular weight is 993 g/mol. The van der Waals surface area contributed by atoms with Gasteiger partial charge < -0.3 is 39.7 Å². The van der Waals surface area contributed by atoms with Crippen LogP contribution in [0.1, 0.15) is 36.8 Å². The number of rotatable bonds is 11. The average Bonchev–Trinajstić information content (AvgIpc) is 3.85. The molecule has 2 amide bonds. The van der Waals surface area contributed by atoms with Gasteiger partial charge in [0.05, 0.1) is 11.0 Å². The van der Waals surface area contributed by atoms with Crippen LogP contribution in [0.4, 0.5) is 23.0 Å². The predicted molar refractivity (Wildman–Crippen MR) is 265 cm³/mol. The number of aromatic nitrogens is 2. The zero-order valence-corrected chi connectivity index (χ0v) is 40.0. The van der Waals surface area contributed by atoms with Crippen LogP contribution in [-0.2, 0) is 9.59 Å². The number of fused-ring (bicyclic) bond motifs is 2. The van der Waals surface area contributed by atoms with Crippen molar-refractivity contribution in [3.63, 3.8) is 0 Å². The number of carbonyl (C=O) groups is 2. The van der Waals surface area contributed by atoms with Crippen molar-refractivity contribution < 1.29 is 19.1 Å². The Bertz CT molecular complexity index is 2560. The van der Waals surface area contributed by atoms with Crippen LogP contribution in [0.5, 0.6) is 11.5 Å². The van der Waals surface area contributed by atoms with E-state index in [-0.39, 0.29) is 25.0 Å². The number of halogens is 2. The Balaban J connectivity index is 0.000000176. The fourth-order valence-electron chi connectivity index (χ4n) is 8.59. The third kappa shape index (κ3) is 11.9. The molecule has 0 saturated carbocycles. The lowest BCUT2D eigenvalue weighted by Crippen LogP contribution is -2.44. The van der Waals surface area contributed by atoms with Crippen molar-refractivity contribution in [2.75, 3.05) is 93.1 Å². The van der Waals surface area contributed by atoms with Crippen molar-refractivity contribution in [2.45, 2.75) is 45.6 Å². The predicted octanol–water partition coefficient (Wildman–Crippen LogP) is 9.46. The normalized spacial score (nSPS) is 16.1. The van der Waals surface area contributed by atoms with Crippen LogP contribution in [0.3, 0.4) is 0 Å². The number of amides is 2. The maximum atomic E-state index is 12.4. The van der Waals surface area contributed by atoms with E-state index in [0.29, 0.717) is 11.5 Å². The molecule has 12 nitrogen and oxygen atoms in total. The SMILES string of the molecule is Cc1cc(N2CCC(N3CCCC3)CC2)nc2ccc(NC(=O)COc3ccc(Br)cc3)cc12.Cc1cc(N2CCN(C)CC2)nc2ccc(NC(=O)COc3ccc(Br)cc3)cc12. The van der Waals surface area contributed by atoms with E-state index in [1.165, 1.54) is 44.3 Å². The number of piperazine rings is 1. The molecule has 3 aliphatic rings. The number of hydrogen-bond acceptors (Lipinski definition) is 10. The molecule has 3 saturated heterocycles. The number of hydrogen-bond donors (Lipinski definition) is 2. The number of benzene rings is 4. The third-order valence-electron chi connectivity index (χ3n) is 12.2. The van der Waals surface area contributed by atoms with Crippen LogP contribution in [0.25, 0.3) is 21.8 Å². The van der Waals surface area contributed by atoms with Crippen LogP contribution in [0.2, 0.25) is 0 Å². The molecule has 2 N–H and O–H groups in total. The number of nitrogens with zero attached hydrogens (tertiary/aromatic N) is 6. The van der Waals surface area contributed by atoms with E-state index in [1.54, 1.807) is 0 Å². The van der Waals surface area contributed by atoms with Crippen molar-refractivity contribution in [3.8, 4) is 11.5 Å². The monoisotopic (exact) mass is 990 g/mol. The highest BCUT2D eigenvalue weighted by molar-refractivity contribution is 9.10. The zero-order chi connectivity index (χ0) is 44.6. The largest absolute Gasteiger partial charge is 0.484 e. The molecule has 0 radical (unpaired) electrons. The van der Waals surface area contributed by atoms with Gasteiger partial charge in [0.25, 0.3) is 11.8 Å². The molecule has 14 heteroatoms. The van der Waals surface area contributed by atoms with Gasteiger partial charge in [-0.25, -0.2) is 9.97 Å². The highest BCUT2D eigenvalue weighted by atomic mass is 79.9. The highest BCUT2D eigenvalue weighted by Crippen LogP contribution is 2.30. The Kier molecular flexibility index (Phi) is 15.0. The Labute approximate surface area is 392 Å². The molecule has 3 fully saturated rings. The molecule has 64 heavy (non-hydrogen) atoms. The van der Waals surface area contributed by atoms with Crippen molar-refractivity contribution in [1.82, 2.24) is 19.8 Å². The molecule has 0 atom stereocenters. The van der Waals surface area contributed by atoms with Gasteiger partial charge in [-0.2, -0.15) is 0 Å². The minimum atomic E-state index is -0.197. The molecule has 0 spiro atoms. The summed E-state index contributed by atoms with van der Waals surface area (Å²) in [6.07, 6.45) is 5.14. The summed E-state index contributed by atoms with van der Waals surface area (Å²) in [7, 11) is 2.15. The van der Waals surface area contributed by atoms with Crippen molar-refractivity contribution >= 4 is 88.5 Å². The number of piperidine rings is 1. The topological polar surface area (TPSA) is 115 Å². The molecule has 6 aromatic rings. The summed E-state index contributed by atoms with van der Waals surface area (Å²) >= 11 is 6.77. The van der Waals surface area contributed by atoms with Gasteiger partial charge >= 0.3 is 0 Å². The standard InChI is InChI=1S/C27H31BrN4O2.C23H25BrN4O2/c1-19-16-26(32-14-10-22(11-15-32)31-12-2-3-13-31)30-25-9-6-21(17-24(19)25)29-27(33)18-34-23-7-4-20(28)5-8-23;1-16-13-22(28-11-9-27(2)10-12-28)26-21-8-5-18(14-20(16)21)25-23(29)15-30-19-6-3-17(24)4-7-19/h4-9,16-17,22H,2-3,10-15,18H2,1H3,(H,29,33);3-8,13-14H,9-12,15H2,1-2H3,(H,25,29). The lowest BCUT2D eigenvalue weighted by Gasteiger charge is -2.37. The lowest BCUT2D eigenvalue weighted by molar-refractivity contribution is -0.118. The van der Waals surface area contributed by atoms with Crippen LogP contribution < -0.4 is 29.9 Å². The van der Waals surface area contributed by atoms with Gasteiger partial charge in [-0.15, -0.1) is 0 Å². The number of pyridine rings is 2. The molecule has 0 bridgehead atoms. The van der Waals surface area contributed by atoms with Gasteiger partial charge in [0.1, 0.15) is 23.1 Å². The van der Waals surface area contributed by atoms with Gasteiger partial charge in [-0.3, -0.25) is 9.59 Å². The second kappa shape index (κ2) is 21.1. The highest BCUT2D eigenvalue weighted by Gasteiger charge is 2.27. The first-order valence-corrected chi connectivity index (χ1v) is 23.7. The summed E-state index contributed by atoms with van der Waals surface area (Å²) < 4.78 is 13.1. The summed E-state index contributed by atoms with van der Waals surface area (Å²) in [5, 5.41) is 7.94. The minimum absolute atomic E-state index is 0.0385. The number of anilines is 4. The Morgan fingerprint density at radius 1 is 0.594 bits per heavy atom. The molecule has 9 rings (SSSR count). The van der Waals surface area contributed by atoms with E-state index in [9.17, 15) is 9.59 Å². The summed E-state index contributed by atoms with van der Waals surface area (Å²) in [6, 6.07) is 31.6.